The molecule has 21 heavy (non-hydrogen) atoms. The number of ether oxygens (including phenoxy) is 1. The number of nitrogens with zero attached hydrogens (tertiary/aromatic N) is 1. The van der Waals surface area contributed by atoms with Crippen LogP contribution in [0.5, 0.6) is 5.75 Å². The highest BCUT2D eigenvalue weighted by molar-refractivity contribution is 5.95. The van der Waals surface area contributed by atoms with Crippen LogP contribution < -0.4 is 15.0 Å². The predicted octanol–water partition coefficient (Wildman–Crippen LogP) is 1.41. The quantitative estimate of drug-likeness (QED) is 0.832. The molecule has 2 rings (SSSR count). The van der Waals surface area contributed by atoms with Crippen LogP contribution in [0.4, 0.5) is 5.69 Å². The Labute approximate surface area is 125 Å². The number of carbonyl (C=O) groups is 1. The van der Waals surface area contributed by atoms with Crippen LogP contribution in [0, 0.1) is 5.92 Å². The van der Waals surface area contributed by atoms with Gasteiger partial charge in [0.2, 0.25) is 5.91 Å². The highest BCUT2D eigenvalue weighted by Crippen LogP contribution is 2.30. The van der Waals surface area contributed by atoms with Crippen LogP contribution in [-0.4, -0.2) is 43.4 Å². The average Bonchev–Trinajstić information content (AvgIpc) is 2.59. The van der Waals surface area contributed by atoms with Gasteiger partial charge in [-0.15, -0.1) is 0 Å². The second-order valence-corrected chi connectivity index (χ2v) is 5.78. The van der Waals surface area contributed by atoms with E-state index in [1.165, 1.54) is 0 Å². The number of hydrogen-bond acceptors (Lipinski definition) is 4. The molecule has 5 nitrogen and oxygen atoms in total. The van der Waals surface area contributed by atoms with Crippen molar-refractivity contribution in [3.05, 3.63) is 24.3 Å². The molecule has 0 radical (unpaired) electrons. The van der Waals surface area contributed by atoms with Gasteiger partial charge in [-0.2, -0.15) is 0 Å². The largest absolute Gasteiger partial charge is 0.491 e. The number of fused-ring (bicyclic) bond motifs is 1. The van der Waals surface area contributed by atoms with Gasteiger partial charge in [0.25, 0.3) is 0 Å². The Morgan fingerprint density at radius 3 is 2.86 bits per heavy atom. The van der Waals surface area contributed by atoms with Crippen LogP contribution >= 0.6 is 0 Å². The Kier molecular flexibility index (Phi) is 5.59. The topological polar surface area (TPSA) is 61.8 Å². The molecule has 0 aromatic heterocycles. The van der Waals surface area contributed by atoms with Crippen molar-refractivity contribution in [2.24, 2.45) is 5.92 Å². The van der Waals surface area contributed by atoms with Crippen molar-refractivity contribution in [2.45, 2.75) is 26.4 Å². The van der Waals surface area contributed by atoms with Crippen LogP contribution in [0.1, 0.15) is 20.3 Å². The molecule has 5 heteroatoms. The molecule has 1 aromatic rings. The first-order valence-corrected chi connectivity index (χ1v) is 7.49. The summed E-state index contributed by atoms with van der Waals surface area (Å²) in [5.74, 6) is 1.22. The molecular weight excluding hydrogens is 268 g/mol. The standard InChI is InChI=1S/C16H24N2O3/c1-12(2)9-17-10-13(19)11-18-14-5-3-4-6-15(14)21-8-7-16(18)20/h3-6,12-13,17,19H,7-11H2,1-2H3. The van der Waals surface area contributed by atoms with Crippen LogP contribution in [-0.2, 0) is 4.79 Å². The molecule has 0 fully saturated rings. The fourth-order valence-electron chi connectivity index (χ4n) is 2.33. The number of rotatable bonds is 6. The zero-order valence-corrected chi connectivity index (χ0v) is 12.7. The first-order chi connectivity index (χ1) is 10.1. The first-order valence-electron chi connectivity index (χ1n) is 7.49. The van der Waals surface area contributed by atoms with E-state index in [-0.39, 0.29) is 12.5 Å². The number of aliphatic hydroxyl groups excluding tert-OH is 1. The maximum absolute atomic E-state index is 12.2. The van der Waals surface area contributed by atoms with E-state index in [1.807, 2.05) is 24.3 Å². The molecule has 0 saturated heterocycles. The number of nitrogens with one attached hydrogen (secondary N) is 1. The summed E-state index contributed by atoms with van der Waals surface area (Å²) in [6.45, 7) is 6.23. The lowest BCUT2D eigenvalue weighted by atomic mass is 10.2. The summed E-state index contributed by atoms with van der Waals surface area (Å²) in [7, 11) is 0. The Hall–Kier alpha value is -1.59. The SMILES string of the molecule is CC(C)CNCC(O)CN1C(=O)CCOc2ccccc21. The van der Waals surface area contributed by atoms with Gasteiger partial charge in [0.1, 0.15) is 5.75 Å². The molecule has 2 N–H and O–H groups in total. The van der Waals surface area contributed by atoms with Crippen molar-refractivity contribution in [1.29, 1.82) is 0 Å². The van der Waals surface area contributed by atoms with Gasteiger partial charge >= 0.3 is 0 Å². The van der Waals surface area contributed by atoms with Gasteiger partial charge in [-0.05, 0) is 24.6 Å². The monoisotopic (exact) mass is 292 g/mol. The second kappa shape index (κ2) is 7.43. The van der Waals surface area contributed by atoms with E-state index in [1.54, 1.807) is 4.90 Å². The molecule has 1 aliphatic rings. The van der Waals surface area contributed by atoms with Crippen molar-refractivity contribution in [1.82, 2.24) is 5.32 Å². The summed E-state index contributed by atoms with van der Waals surface area (Å²) >= 11 is 0. The molecule has 116 valence electrons. The number of para-hydroxylation sites is 2. The molecule has 1 aliphatic heterocycles. The summed E-state index contributed by atoms with van der Waals surface area (Å²) in [4.78, 5) is 13.8. The summed E-state index contributed by atoms with van der Waals surface area (Å²) in [5, 5.41) is 13.4. The van der Waals surface area contributed by atoms with Gasteiger partial charge < -0.3 is 20.1 Å². The summed E-state index contributed by atoms with van der Waals surface area (Å²) in [6, 6.07) is 7.46. The fourth-order valence-corrected chi connectivity index (χ4v) is 2.33. The van der Waals surface area contributed by atoms with Crippen LogP contribution in [0.3, 0.4) is 0 Å². The fraction of sp³-hybridized carbons (Fsp3) is 0.562. The van der Waals surface area contributed by atoms with Crippen molar-refractivity contribution >= 4 is 11.6 Å². The van der Waals surface area contributed by atoms with Gasteiger partial charge in [-0.3, -0.25) is 4.79 Å². The number of benzene rings is 1. The molecular formula is C16H24N2O3. The minimum atomic E-state index is -0.598. The Morgan fingerprint density at radius 1 is 1.33 bits per heavy atom. The van der Waals surface area contributed by atoms with Gasteiger partial charge in [-0.1, -0.05) is 26.0 Å². The number of anilines is 1. The third kappa shape index (κ3) is 4.44. The number of β-amino-alcohol motifs (C(OH)–C–C–N with tert-alkyl or cyclic N) is 1. The maximum atomic E-state index is 12.2. The molecule has 1 unspecified atom stereocenters. The van der Waals surface area contributed by atoms with Crippen molar-refractivity contribution in [3.63, 3.8) is 0 Å². The van der Waals surface area contributed by atoms with Gasteiger partial charge in [-0.25, -0.2) is 0 Å². The zero-order chi connectivity index (χ0) is 15.2. The van der Waals surface area contributed by atoms with Crippen molar-refractivity contribution in [2.75, 3.05) is 31.1 Å². The third-order valence-corrected chi connectivity index (χ3v) is 3.36. The van der Waals surface area contributed by atoms with Crippen molar-refractivity contribution < 1.29 is 14.6 Å². The highest BCUT2D eigenvalue weighted by atomic mass is 16.5. The van der Waals surface area contributed by atoms with E-state index >= 15 is 0 Å². The van der Waals surface area contributed by atoms with E-state index in [0.717, 1.165) is 12.2 Å². The minimum absolute atomic E-state index is 0.0112. The van der Waals surface area contributed by atoms with E-state index in [4.69, 9.17) is 4.74 Å². The van der Waals surface area contributed by atoms with Gasteiger partial charge in [0.05, 0.1) is 31.4 Å². The molecule has 1 aromatic carbocycles. The molecule has 0 saturated carbocycles. The molecule has 1 heterocycles. The smallest absolute Gasteiger partial charge is 0.230 e. The lowest BCUT2D eigenvalue weighted by Gasteiger charge is -2.25. The minimum Gasteiger partial charge on any atom is -0.491 e. The Balaban J connectivity index is 2.01. The van der Waals surface area contributed by atoms with E-state index < -0.39 is 6.10 Å². The summed E-state index contributed by atoms with van der Waals surface area (Å²) in [5.41, 5.74) is 0.739. The third-order valence-electron chi connectivity index (χ3n) is 3.36. The number of carbonyl (C=O) groups excluding carboxylic acids is 1. The Bertz CT molecular complexity index is 476. The summed E-state index contributed by atoms with van der Waals surface area (Å²) < 4.78 is 5.58. The number of aliphatic hydroxyl groups is 1. The van der Waals surface area contributed by atoms with E-state index in [2.05, 4.69) is 19.2 Å². The summed E-state index contributed by atoms with van der Waals surface area (Å²) in [6.07, 6.45) is -0.264. The number of hydrogen-bond donors (Lipinski definition) is 2. The van der Waals surface area contributed by atoms with E-state index in [9.17, 15) is 9.90 Å². The molecule has 0 spiro atoms. The highest BCUT2D eigenvalue weighted by Gasteiger charge is 2.24. The lowest BCUT2D eigenvalue weighted by Crippen LogP contribution is -2.42. The number of amides is 1. The van der Waals surface area contributed by atoms with Crippen LogP contribution in [0.15, 0.2) is 24.3 Å². The molecule has 0 aliphatic carbocycles. The molecule has 0 bridgehead atoms. The van der Waals surface area contributed by atoms with Crippen LogP contribution in [0.25, 0.3) is 0 Å². The molecule has 1 atom stereocenters. The predicted molar refractivity (Wildman–Crippen MR) is 82.6 cm³/mol. The second-order valence-electron chi connectivity index (χ2n) is 5.78. The van der Waals surface area contributed by atoms with E-state index in [0.29, 0.717) is 31.2 Å². The van der Waals surface area contributed by atoms with Crippen molar-refractivity contribution in [3.8, 4) is 5.75 Å². The average molecular weight is 292 g/mol. The maximum Gasteiger partial charge on any atom is 0.230 e. The normalized spacial score (nSPS) is 16.4. The van der Waals surface area contributed by atoms with Crippen LogP contribution in [0.2, 0.25) is 0 Å². The Morgan fingerprint density at radius 2 is 2.10 bits per heavy atom. The zero-order valence-electron chi connectivity index (χ0n) is 12.7. The first kappa shape index (κ1) is 15.8. The van der Waals surface area contributed by atoms with Gasteiger partial charge in [0, 0.05) is 6.54 Å². The lowest BCUT2D eigenvalue weighted by molar-refractivity contribution is -0.119. The molecule has 1 amide bonds. The van der Waals surface area contributed by atoms with Gasteiger partial charge in [0.15, 0.2) is 0 Å².